The number of aromatic amines is 1. The molecule has 1 aliphatic heterocycles. The normalized spacial score (nSPS) is 16.0. The summed E-state index contributed by atoms with van der Waals surface area (Å²) in [4.78, 5) is 9.87. The van der Waals surface area contributed by atoms with E-state index in [2.05, 4.69) is 20.2 Å². The van der Waals surface area contributed by atoms with E-state index in [0.717, 1.165) is 11.8 Å². The van der Waals surface area contributed by atoms with Crippen molar-refractivity contribution in [2.45, 2.75) is 18.6 Å². The number of pyridine rings is 2. The molecule has 194 valence electrons. The van der Waals surface area contributed by atoms with E-state index in [9.17, 15) is 8.42 Å². The van der Waals surface area contributed by atoms with E-state index >= 15 is 4.39 Å². The molecule has 5 rings (SSSR count). The molecule has 0 radical (unpaired) electrons. The van der Waals surface area contributed by atoms with Gasteiger partial charge in [0, 0.05) is 54.4 Å². The van der Waals surface area contributed by atoms with Crippen LogP contribution in [0.1, 0.15) is 18.6 Å². The Morgan fingerprint density at radius 3 is 2.57 bits per heavy atom. The van der Waals surface area contributed by atoms with Crippen LogP contribution in [-0.4, -0.2) is 59.2 Å². The number of rotatable bonds is 7. The average molecular weight is 565 g/mol. The number of halogens is 3. The second kappa shape index (κ2) is 9.39. The van der Waals surface area contributed by atoms with Crippen LogP contribution < -0.4 is 15.4 Å². The Morgan fingerprint density at radius 1 is 1.22 bits per heavy atom. The van der Waals surface area contributed by atoms with E-state index < -0.39 is 27.3 Å². The van der Waals surface area contributed by atoms with Crippen LogP contribution in [0.5, 0.6) is 5.75 Å². The predicted octanol–water partition coefficient (Wildman–Crippen LogP) is 4.17. The molecule has 3 aromatic heterocycles. The molecule has 9 nitrogen and oxygen atoms in total. The van der Waals surface area contributed by atoms with E-state index in [-0.39, 0.29) is 24.7 Å². The van der Waals surface area contributed by atoms with Crippen LogP contribution in [0, 0.1) is 5.82 Å². The van der Waals surface area contributed by atoms with E-state index in [0.29, 0.717) is 38.0 Å². The van der Waals surface area contributed by atoms with Crippen molar-refractivity contribution in [2.75, 3.05) is 30.0 Å². The molecule has 13 heteroatoms. The van der Waals surface area contributed by atoms with Gasteiger partial charge in [0.1, 0.15) is 27.4 Å². The number of fused-ring (bicyclic) bond motifs is 1. The summed E-state index contributed by atoms with van der Waals surface area (Å²) in [5.41, 5.74) is 7.52. The van der Waals surface area contributed by atoms with Crippen molar-refractivity contribution in [3.8, 4) is 17.0 Å². The van der Waals surface area contributed by atoms with Gasteiger partial charge < -0.3 is 15.4 Å². The molecule has 4 aromatic rings. The second-order valence-corrected chi connectivity index (χ2v) is 12.3. The van der Waals surface area contributed by atoms with Crippen LogP contribution in [0.3, 0.4) is 0 Å². The molecular weight excluding hydrogens is 542 g/mol. The van der Waals surface area contributed by atoms with Gasteiger partial charge in [-0.15, -0.1) is 0 Å². The molecule has 0 bridgehead atoms. The van der Waals surface area contributed by atoms with Crippen molar-refractivity contribution in [3.05, 3.63) is 64.3 Å². The number of aromatic nitrogens is 4. The molecule has 37 heavy (non-hydrogen) atoms. The Balaban J connectivity index is 1.38. The third-order valence-electron chi connectivity index (χ3n) is 6.10. The van der Waals surface area contributed by atoms with Gasteiger partial charge in [0.2, 0.25) is 0 Å². The number of hydrogen-bond acceptors (Lipinski definition) is 8. The third-order valence-corrected chi connectivity index (χ3v) is 7.80. The minimum atomic E-state index is -3.25. The highest BCUT2D eigenvalue weighted by Crippen LogP contribution is 2.36. The zero-order valence-electron chi connectivity index (χ0n) is 19.9. The Labute approximate surface area is 222 Å². The quantitative estimate of drug-likeness (QED) is 0.342. The fourth-order valence-corrected chi connectivity index (χ4v) is 6.53. The highest BCUT2D eigenvalue weighted by Gasteiger charge is 2.43. The molecule has 0 aliphatic carbocycles. The Kier molecular flexibility index (Phi) is 6.51. The standard InChI is InChI=1S/C24H23Cl2FN6O3S/c1-13(21-17(25)8-29-9-18(21)26)36-15-3-4-20-16(6-15)22(32-31-20)14-5-19(27)23(30-7-14)33-10-24(28,11-33)12-37(2,34)35/h3-9,13H,10-12,28H2,1-2H3,(H,31,32)/t13-/m1/s1. The molecule has 0 saturated carbocycles. The van der Waals surface area contributed by atoms with E-state index in [4.69, 9.17) is 33.7 Å². The Hall–Kier alpha value is -2.99. The second-order valence-electron chi connectivity index (χ2n) is 9.37. The summed E-state index contributed by atoms with van der Waals surface area (Å²) in [6, 6.07) is 6.73. The smallest absolute Gasteiger partial charge is 0.166 e. The van der Waals surface area contributed by atoms with Crippen LogP contribution in [-0.2, 0) is 9.84 Å². The predicted molar refractivity (Wildman–Crippen MR) is 141 cm³/mol. The van der Waals surface area contributed by atoms with Gasteiger partial charge in [0.25, 0.3) is 0 Å². The maximum atomic E-state index is 15.1. The summed E-state index contributed by atoms with van der Waals surface area (Å²) in [5.74, 6) is -0.0690. The van der Waals surface area contributed by atoms with Gasteiger partial charge in [0.15, 0.2) is 11.6 Å². The molecule has 1 aliphatic rings. The number of sulfone groups is 1. The van der Waals surface area contributed by atoms with Crippen LogP contribution >= 0.6 is 23.2 Å². The number of benzene rings is 1. The summed E-state index contributed by atoms with van der Waals surface area (Å²) in [7, 11) is -3.25. The van der Waals surface area contributed by atoms with Crippen LogP contribution in [0.2, 0.25) is 10.0 Å². The molecule has 1 aromatic carbocycles. The van der Waals surface area contributed by atoms with Gasteiger partial charge in [-0.2, -0.15) is 5.10 Å². The van der Waals surface area contributed by atoms with Gasteiger partial charge in [0.05, 0.1) is 26.9 Å². The summed E-state index contributed by atoms with van der Waals surface area (Å²) in [6.07, 6.45) is 5.21. The first-order valence-corrected chi connectivity index (χ1v) is 14.1. The monoisotopic (exact) mass is 564 g/mol. The summed E-state index contributed by atoms with van der Waals surface area (Å²) < 4.78 is 44.3. The van der Waals surface area contributed by atoms with Gasteiger partial charge in [-0.25, -0.2) is 17.8 Å². The highest BCUT2D eigenvalue weighted by molar-refractivity contribution is 7.90. The number of nitrogens with zero attached hydrogens (tertiary/aromatic N) is 4. The maximum absolute atomic E-state index is 15.1. The minimum Gasteiger partial charge on any atom is -0.486 e. The van der Waals surface area contributed by atoms with Crippen LogP contribution in [0.25, 0.3) is 22.2 Å². The van der Waals surface area contributed by atoms with Gasteiger partial charge in [-0.05, 0) is 31.2 Å². The lowest BCUT2D eigenvalue weighted by Gasteiger charge is -2.47. The van der Waals surface area contributed by atoms with Gasteiger partial charge in [-0.3, -0.25) is 10.1 Å². The summed E-state index contributed by atoms with van der Waals surface area (Å²) >= 11 is 12.5. The molecule has 4 heterocycles. The lowest BCUT2D eigenvalue weighted by atomic mass is 9.93. The number of ether oxygens (including phenoxy) is 1. The first kappa shape index (κ1) is 25.7. The topological polar surface area (TPSA) is 127 Å². The number of anilines is 1. The Bertz CT molecular complexity index is 1590. The Morgan fingerprint density at radius 2 is 1.92 bits per heavy atom. The zero-order valence-corrected chi connectivity index (χ0v) is 22.2. The van der Waals surface area contributed by atoms with Gasteiger partial charge >= 0.3 is 0 Å². The van der Waals surface area contributed by atoms with Crippen LogP contribution in [0.4, 0.5) is 10.2 Å². The van der Waals surface area contributed by atoms with E-state index in [1.807, 2.05) is 13.0 Å². The fraction of sp³-hybridized carbons (Fsp3) is 0.292. The molecule has 0 unspecified atom stereocenters. The highest BCUT2D eigenvalue weighted by atomic mass is 35.5. The van der Waals surface area contributed by atoms with Crippen molar-refractivity contribution in [2.24, 2.45) is 5.73 Å². The SMILES string of the molecule is C[C@@H](Oc1ccc2[nH]nc(-c3cnc(N4CC(N)(CS(C)(=O)=O)C4)c(F)c3)c2c1)c1c(Cl)cncc1Cl. The lowest BCUT2D eigenvalue weighted by molar-refractivity contribution is 0.227. The fourth-order valence-electron chi connectivity index (χ4n) is 4.63. The van der Waals surface area contributed by atoms with Crippen molar-refractivity contribution < 1.29 is 17.5 Å². The average Bonchev–Trinajstić information content (AvgIpc) is 3.19. The van der Waals surface area contributed by atoms with Crippen molar-refractivity contribution in [1.82, 2.24) is 20.2 Å². The first-order valence-electron chi connectivity index (χ1n) is 11.2. The molecule has 1 saturated heterocycles. The molecule has 1 fully saturated rings. The minimum absolute atomic E-state index is 0.113. The molecule has 0 amide bonds. The molecule has 3 N–H and O–H groups in total. The zero-order chi connectivity index (χ0) is 26.5. The number of hydrogen-bond donors (Lipinski definition) is 2. The van der Waals surface area contributed by atoms with Crippen molar-refractivity contribution in [1.29, 1.82) is 0 Å². The molecule has 0 spiro atoms. The third kappa shape index (κ3) is 5.22. The lowest BCUT2D eigenvalue weighted by Crippen LogP contribution is -2.70. The number of H-pyrrole nitrogens is 1. The van der Waals surface area contributed by atoms with E-state index in [1.54, 1.807) is 17.0 Å². The summed E-state index contributed by atoms with van der Waals surface area (Å²) in [5, 5.41) is 8.80. The maximum Gasteiger partial charge on any atom is 0.166 e. The summed E-state index contributed by atoms with van der Waals surface area (Å²) in [6.45, 7) is 2.21. The molecular formula is C24H23Cl2FN6O3S. The van der Waals surface area contributed by atoms with Gasteiger partial charge in [-0.1, -0.05) is 23.2 Å². The number of nitrogens with one attached hydrogen (secondary N) is 1. The molecule has 1 atom stereocenters. The van der Waals surface area contributed by atoms with Crippen molar-refractivity contribution >= 4 is 49.8 Å². The largest absolute Gasteiger partial charge is 0.486 e. The van der Waals surface area contributed by atoms with E-state index in [1.165, 1.54) is 24.7 Å². The first-order chi connectivity index (χ1) is 17.4. The number of nitrogens with two attached hydrogens (primary N) is 1. The van der Waals surface area contributed by atoms with Crippen LogP contribution in [0.15, 0.2) is 42.9 Å². The van der Waals surface area contributed by atoms with Crippen molar-refractivity contribution in [3.63, 3.8) is 0 Å².